The van der Waals surface area contributed by atoms with E-state index in [9.17, 15) is 4.79 Å². The van der Waals surface area contributed by atoms with Crippen molar-refractivity contribution in [3.05, 3.63) is 77.1 Å². The summed E-state index contributed by atoms with van der Waals surface area (Å²) < 4.78 is 5.46. The monoisotopic (exact) mass is 422 g/mol. The number of hydrogen-bond acceptors (Lipinski definition) is 5. The fourth-order valence-electron chi connectivity index (χ4n) is 3.49. The van der Waals surface area contributed by atoms with Crippen LogP contribution in [0.25, 0.3) is 11.4 Å². The molecule has 1 saturated heterocycles. The van der Waals surface area contributed by atoms with E-state index in [-0.39, 0.29) is 5.91 Å². The maximum atomic E-state index is 12.9. The third-order valence-electron chi connectivity index (χ3n) is 5.10. The number of amides is 1. The Morgan fingerprint density at radius 2 is 1.73 bits per heavy atom. The highest BCUT2D eigenvalue weighted by Gasteiger charge is 2.18. The van der Waals surface area contributed by atoms with Crippen LogP contribution < -0.4 is 4.90 Å². The minimum absolute atomic E-state index is 0.116. The van der Waals surface area contributed by atoms with Crippen molar-refractivity contribution >= 4 is 23.2 Å². The fraction of sp³-hybridized carbons (Fsp3) is 0.261. The lowest BCUT2D eigenvalue weighted by Gasteiger charge is -2.31. The molecule has 1 amide bonds. The first-order valence-electron chi connectivity index (χ1n) is 9.86. The van der Waals surface area contributed by atoms with Crippen LogP contribution in [0.3, 0.4) is 0 Å². The van der Waals surface area contributed by atoms with Gasteiger partial charge in [-0.2, -0.15) is 0 Å². The number of carbonyl (C=O) groups excluding carboxylic acids is 1. The molecule has 0 atom stereocenters. The van der Waals surface area contributed by atoms with Crippen molar-refractivity contribution in [2.45, 2.75) is 6.54 Å². The predicted molar refractivity (Wildman–Crippen MR) is 118 cm³/mol. The highest BCUT2D eigenvalue weighted by atomic mass is 35.5. The summed E-state index contributed by atoms with van der Waals surface area (Å²) in [5.41, 5.74) is 3.56. The molecule has 0 bridgehead atoms. The van der Waals surface area contributed by atoms with Crippen LogP contribution in [0.1, 0.15) is 15.9 Å². The van der Waals surface area contributed by atoms with E-state index in [1.54, 1.807) is 36.5 Å². The first-order valence-corrected chi connectivity index (χ1v) is 10.2. The van der Waals surface area contributed by atoms with E-state index in [0.29, 0.717) is 23.0 Å². The van der Waals surface area contributed by atoms with Crippen molar-refractivity contribution in [2.75, 3.05) is 38.3 Å². The zero-order chi connectivity index (χ0) is 20.9. The molecule has 1 aromatic heterocycles. The third kappa shape index (κ3) is 4.61. The Morgan fingerprint density at radius 3 is 2.43 bits per heavy atom. The second kappa shape index (κ2) is 9.24. The first kappa shape index (κ1) is 20.3. The second-order valence-electron chi connectivity index (χ2n) is 7.19. The lowest BCUT2D eigenvalue weighted by Crippen LogP contribution is -2.37. The number of benzene rings is 2. The molecule has 0 N–H and O–H groups in total. The molecule has 0 unspecified atom stereocenters. The molecule has 1 aliphatic heterocycles. The van der Waals surface area contributed by atoms with Crippen molar-refractivity contribution in [3.63, 3.8) is 0 Å². The zero-order valence-corrected chi connectivity index (χ0v) is 17.5. The van der Waals surface area contributed by atoms with Crippen LogP contribution in [0.2, 0.25) is 5.02 Å². The summed E-state index contributed by atoms with van der Waals surface area (Å²) in [6.45, 7) is 3.66. The minimum atomic E-state index is -0.116. The van der Waals surface area contributed by atoms with E-state index in [0.717, 1.165) is 43.1 Å². The molecule has 4 rings (SSSR count). The van der Waals surface area contributed by atoms with Crippen LogP contribution in [0.5, 0.6) is 0 Å². The number of halogens is 1. The highest BCUT2D eigenvalue weighted by Crippen LogP contribution is 2.23. The number of anilines is 1. The van der Waals surface area contributed by atoms with Crippen molar-refractivity contribution in [1.82, 2.24) is 14.9 Å². The Kier molecular flexibility index (Phi) is 6.26. The van der Waals surface area contributed by atoms with Gasteiger partial charge in [0.25, 0.3) is 5.91 Å². The molecule has 1 fully saturated rings. The molecule has 0 spiro atoms. The molecule has 3 aromatic rings. The topological polar surface area (TPSA) is 58.6 Å². The second-order valence-corrected chi connectivity index (χ2v) is 7.63. The Hall–Kier alpha value is -2.96. The predicted octanol–water partition coefficient (Wildman–Crippen LogP) is 3.91. The summed E-state index contributed by atoms with van der Waals surface area (Å²) in [4.78, 5) is 25.6. The number of para-hydroxylation sites is 1. The van der Waals surface area contributed by atoms with Gasteiger partial charge in [0.15, 0.2) is 5.82 Å². The van der Waals surface area contributed by atoms with Gasteiger partial charge in [0.05, 0.1) is 18.8 Å². The van der Waals surface area contributed by atoms with E-state index < -0.39 is 0 Å². The van der Waals surface area contributed by atoms with Crippen LogP contribution in [-0.2, 0) is 11.3 Å². The average Bonchev–Trinajstić information content (AvgIpc) is 2.80. The van der Waals surface area contributed by atoms with Gasteiger partial charge in [0, 0.05) is 55.3 Å². The molecule has 6 nitrogen and oxygen atoms in total. The van der Waals surface area contributed by atoms with Gasteiger partial charge in [-0.3, -0.25) is 4.79 Å². The molecule has 2 heterocycles. The van der Waals surface area contributed by atoms with E-state index in [1.807, 2.05) is 24.3 Å². The number of morpholine rings is 1. The molecule has 7 heteroatoms. The summed E-state index contributed by atoms with van der Waals surface area (Å²) in [5, 5.41) is 0.657. The number of carbonyl (C=O) groups is 1. The Morgan fingerprint density at radius 1 is 1.07 bits per heavy atom. The lowest BCUT2D eigenvalue weighted by atomic mass is 10.1. The smallest absolute Gasteiger partial charge is 0.257 e. The molecule has 0 radical (unpaired) electrons. The summed E-state index contributed by atoms with van der Waals surface area (Å²) in [6, 6.07) is 15.5. The summed E-state index contributed by atoms with van der Waals surface area (Å²) in [6.07, 6.45) is 3.15. The Labute approximate surface area is 181 Å². The molecule has 154 valence electrons. The minimum Gasteiger partial charge on any atom is -0.378 e. The van der Waals surface area contributed by atoms with Gasteiger partial charge in [-0.1, -0.05) is 29.8 Å². The molecular weight excluding hydrogens is 400 g/mol. The molecule has 0 aliphatic carbocycles. The maximum absolute atomic E-state index is 12.9. The van der Waals surface area contributed by atoms with Crippen molar-refractivity contribution in [1.29, 1.82) is 0 Å². The summed E-state index contributed by atoms with van der Waals surface area (Å²) >= 11 is 5.93. The van der Waals surface area contributed by atoms with E-state index in [2.05, 4.69) is 27.0 Å². The van der Waals surface area contributed by atoms with Gasteiger partial charge in [0.2, 0.25) is 0 Å². The van der Waals surface area contributed by atoms with Crippen molar-refractivity contribution in [3.8, 4) is 11.4 Å². The fourth-order valence-corrected chi connectivity index (χ4v) is 3.62. The third-order valence-corrected chi connectivity index (χ3v) is 5.35. The largest absolute Gasteiger partial charge is 0.378 e. The van der Waals surface area contributed by atoms with Gasteiger partial charge in [-0.25, -0.2) is 9.97 Å². The number of ether oxygens (including phenoxy) is 1. The van der Waals surface area contributed by atoms with Gasteiger partial charge in [-0.05, 0) is 35.9 Å². The van der Waals surface area contributed by atoms with Crippen molar-refractivity contribution < 1.29 is 9.53 Å². The normalized spacial score (nSPS) is 13.9. The van der Waals surface area contributed by atoms with Crippen LogP contribution in [0, 0.1) is 0 Å². The molecule has 1 aliphatic rings. The standard InChI is InChI=1S/C23H23ClN4O2/c1-27(16-18-4-2-3-5-21(18)28-10-12-30-13-11-28)23(29)19-14-25-22(26-15-19)17-6-8-20(24)9-7-17/h2-9,14-15H,10-13,16H2,1H3. The first-order chi connectivity index (χ1) is 14.6. The number of aromatic nitrogens is 2. The summed E-state index contributed by atoms with van der Waals surface area (Å²) in [7, 11) is 1.80. The van der Waals surface area contributed by atoms with Gasteiger partial charge < -0.3 is 14.5 Å². The molecular formula is C23H23ClN4O2. The SMILES string of the molecule is CN(Cc1ccccc1N1CCOCC1)C(=O)c1cnc(-c2ccc(Cl)cc2)nc1. The maximum Gasteiger partial charge on any atom is 0.257 e. The van der Waals surface area contributed by atoms with Gasteiger partial charge in [-0.15, -0.1) is 0 Å². The average molecular weight is 423 g/mol. The van der Waals surface area contributed by atoms with Crippen LogP contribution in [0.15, 0.2) is 60.9 Å². The highest BCUT2D eigenvalue weighted by molar-refractivity contribution is 6.30. The van der Waals surface area contributed by atoms with Crippen LogP contribution in [0.4, 0.5) is 5.69 Å². The van der Waals surface area contributed by atoms with E-state index in [1.165, 1.54) is 0 Å². The molecule has 0 saturated carbocycles. The Bertz CT molecular complexity index is 1000. The zero-order valence-electron chi connectivity index (χ0n) is 16.8. The van der Waals surface area contributed by atoms with Crippen LogP contribution in [-0.4, -0.2) is 54.1 Å². The van der Waals surface area contributed by atoms with E-state index >= 15 is 0 Å². The number of hydrogen-bond donors (Lipinski definition) is 0. The number of nitrogens with zero attached hydrogens (tertiary/aromatic N) is 4. The van der Waals surface area contributed by atoms with Crippen molar-refractivity contribution in [2.24, 2.45) is 0 Å². The summed E-state index contributed by atoms with van der Waals surface area (Å²) in [5.74, 6) is 0.443. The van der Waals surface area contributed by atoms with Gasteiger partial charge in [0.1, 0.15) is 0 Å². The van der Waals surface area contributed by atoms with Gasteiger partial charge >= 0.3 is 0 Å². The molecule has 2 aromatic carbocycles. The lowest BCUT2D eigenvalue weighted by molar-refractivity contribution is 0.0784. The Balaban J connectivity index is 1.47. The quantitative estimate of drug-likeness (QED) is 0.624. The molecule has 30 heavy (non-hydrogen) atoms. The van der Waals surface area contributed by atoms with Crippen LogP contribution >= 0.6 is 11.6 Å². The number of rotatable bonds is 5. The van der Waals surface area contributed by atoms with E-state index in [4.69, 9.17) is 16.3 Å².